The van der Waals surface area contributed by atoms with Crippen LogP contribution in [0.4, 0.5) is 0 Å². The maximum absolute atomic E-state index is 11.9. The fourth-order valence-electron chi connectivity index (χ4n) is 2.57. The fourth-order valence-corrected chi connectivity index (χ4v) is 2.57. The molecule has 0 spiro atoms. The standard InChI is InChI=1S/C12H20N4O3/c13-10(17)7-16-3-1-9(2-4-16)15-12(19)8-5-11(18)14-6-8/h8-9H,1-7H2,(H2,13,17)(H,14,18)(H,15,19). The number of nitrogens with one attached hydrogen (secondary N) is 2. The highest BCUT2D eigenvalue weighted by molar-refractivity contribution is 5.89. The zero-order valence-corrected chi connectivity index (χ0v) is 10.9. The normalized spacial score (nSPS) is 25.1. The van der Waals surface area contributed by atoms with Crippen LogP contribution in [-0.2, 0) is 14.4 Å². The molecule has 1 unspecified atom stereocenters. The van der Waals surface area contributed by atoms with Gasteiger partial charge in [-0.25, -0.2) is 0 Å². The van der Waals surface area contributed by atoms with Crippen LogP contribution in [0.15, 0.2) is 0 Å². The van der Waals surface area contributed by atoms with E-state index in [0.29, 0.717) is 6.54 Å². The summed E-state index contributed by atoms with van der Waals surface area (Å²) in [5.74, 6) is -0.669. The fraction of sp³-hybridized carbons (Fsp3) is 0.750. The van der Waals surface area contributed by atoms with Crippen LogP contribution in [0.5, 0.6) is 0 Å². The van der Waals surface area contributed by atoms with Gasteiger partial charge in [0.2, 0.25) is 17.7 Å². The average molecular weight is 268 g/mol. The first kappa shape index (κ1) is 13.8. The van der Waals surface area contributed by atoms with E-state index in [-0.39, 0.29) is 42.6 Å². The molecule has 0 aromatic carbocycles. The number of carbonyl (C=O) groups is 3. The molecule has 7 heteroatoms. The van der Waals surface area contributed by atoms with E-state index in [9.17, 15) is 14.4 Å². The van der Waals surface area contributed by atoms with Crippen molar-refractivity contribution >= 4 is 17.7 Å². The van der Waals surface area contributed by atoms with Crippen molar-refractivity contribution in [1.82, 2.24) is 15.5 Å². The molecule has 4 N–H and O–H groups in total. The van der Waals surface area contributed by atoms with Crippen molar-refractivity contribution in [3.63, 3.8) is 0 Å². The highest BCUT2D eigenvalue weighted by atomic mass is 16.2. The van der Waals surface area contributed by atoms with E-state index >= 15 is 0 Å². The van der Waals surface area contributed by atoms with E-state index in [0.717, 1.165) is 25.9 Å². The Balaban J connectivity index is 1.72. The van der Waals surface area contributed by atoms with Crippen LogP contribution in [0.25, 0.3) is 0 Å². The summed E-state index contributed by atoms with van der Waals surface area (Å²) < 4.78 is 0. The number of likely N-dealkylation sites (tertiary alicyclic amines) is 1. The second-order valence-electron chi connectivity index (χ2n) is 5.23. The summed E-state index contributed by atoms with van der Waals surface area (Å²) in [6.45, 7) is 2.23. The first-order chi connectivity index (χ1) is 9.04. The number of rotatable bonds is 4. The lowest BCUT2D eigenvalue weighted by Crippen LogP contribution is -2.48. The molecule has 2 saturated heterocycles. The van der Waals surface area contributed by atoms with Gasteiger partial charge >= 0.3 is 0 Å². The van der Waals surface area contributed by atoms with Gasteiger partial charge in [-0.1, -0.05) is 0 Å². The number of carbonyl (C=O) groups excluding carboxylic acids is 3. The van der Waals surface area contributed by atoms with Gasteiger partial charge in [-0.2, -0.15) is 0 Å². The number of hydrogen-bond donors (Lipinski definition) is 3. The molecular weight excluding hydrogens is 248 g/mol. The Morgan fingerprint density at radius 2 is 2.05 bits per heavy atom. The van der Waals surface area contributed by atoms with Gasteiger partial charge in [0.15, 0.2) is 0 Å². The molecule has 3 amide bonds. The summed E-state index contributed by atoms with van der Waals surface area (Å²) in [7, 11) is 0. The molecule has 2 fully saturated rings. The van der Waals surface area contributed by atoms with E-state index in [1.54, 1.807) is 0 Å². The van der Waals surface area contributed by atoms with E-state index in [1.165, 1.54) is 0 Å². The van der Waals surface area contributed by atoms with Gasteiger partial charge in [0, 0.05) is 32.1 Å². The minimum atomic E-state index is -0.321. The van der Waals surface area contributed by atoms with Crippen LogP contribution in [0.3, 0.4) is 0 Å². The van der Waals surface area contributed by atoms with Crippen molar-refractivity contribution in [3.05, 3.63) is 0 Å². The van der Waals surface area contributed by atoms with Crippen LogP contribution < -0.4 is 16.4 Å². The van der Waals surface area contributed by atoms with Gasteiger partial charge in [0.05, 0.1) is 12.5 Å². The van der Waals surface area contributed by atoms with Crippen molar-refractivity contribution in [2.75, 3.05) is 26.2 Å². The molecule has 0 aromatic rings. The Labute approximate surface area is 111 Å². The van der Waals surface area contributed by atoms with Crippen LogP contribution in [-0.4, -0.2) is 54.8 Å². The van der Waals surface area contributed by atoms with Gasteiger partial charge in [-0.3, -0.25) is 19.3 Å². The molecule has 7 nitrogen and oxygen atoms in total. The Kier molecular flexibility index (Phi) is 4.36. The number of nitrogens with zero attached hydrogens (tertiary/aromatic N) is 1. The number of amides is 3. The van der Waals surface area contributed by atoms with Gasteiger partial charge in [-0.05, 0) is 12.8 Å². The molecule has 0 saturated carbocycles. The summed E-state index contributed by atoms with van der Waals surface area (Å²) >= 11 is 0. The van der Waals surface area contributed by atoms with Gasteiger partial charge in [-0.15, -0.1) is 0 Å². The zero-order chi connectivity index (χ0) is 13.8. The van der Waals surface area contributed by atoms with Gasteiger partial charge < -0.3 is 16.4 Å². The highest BCUT2D eigenvalue weighted by Crippen LogP contribution is 2.13. The number of nitrogens with two attached hydrogens (primary N) is 1. The second kappa shape index (κ2) is 6.01. The molecular formula is C12H20N4O3. The first-order valence-corrected chi connectivity index (χ1v) is 6.62. The molecule has 2 rings (SSSR count). The Hall–Kier alpha value is -1.63. The maximum atomic E-state index is 11.9. The highest BCUT2D eigenvalue weighted by Gasteiger charge is 2.30. The molecule has 0 bridgehead atoms. The third-order valence-electron chi connectivity index (χ3n) is 3.66. The summed E-state index contributed by atoms with van der Waals surface area (Å²) in [6, 6.07) is 0.132. The van der Waals surface area contributed by atoms with Gasteiger partial charge in [0.25, 0.3) is 0 Å². The topological polar surface area (TPSA) is 105 Å². The lowest BCUT2D eigenvalue weighted by molar-refractivity contribution is -0.127. The lowest BCUT2D eigenvalue weighted by Gasteiger charge is -2.31. The van der Waals surface area contributed by atoms with E-state index < -0.39 is 0 Å². The van der Waals surface area contributed by atoms with Crippen molar-refractivity contribution < 1.29 is 14.4 Å². The number of primary amides is 1. The Morgan fingerprint density at radius 1 is 1.37 bits per heavy atom. The predicted octanol–water partition coefficient (Wildman–Crippen LogP) is -1.81. The zero-order valence-electron chi connectivity index (χ0n) is 10.9. The Morgan fingerprint density at radius 3 is 2.58 bits per heavy atom. The lowest BCUT2D eigenvalue weighted by atomic mass is 10.0. The Bertz CT molecular complexity index is 377. The third-order valence-corrected chi connectivity index (χ3v) is 3.66. The summed E-state index contributed by atoms with van der Waals surface area (Å²) in [5.41, 5.74) is 5.15. The third kappa shape index (κ3) is 3.92. The van der Waals surface area contributed by atoms with Crippen LogP contribution >= 0.6 is 0 Å². The summed E-state index contributed by atoms with van der Waals surface area (Å²) in [5, 5.41) is 5.64. The quantitative estimate of drug-likeness (QED) is 0.559. The number of piperidine rings is 1. The number of hydrogen-bond acceptors (Lipinski definition) is 4. The molecule has 0 aromatic heterocycles. The predicted molar refractivity (Wildman–Crippen MR) is 67.9 cm³/mol. The SMILES string of the molecule is NC(=O)CN1CCC(NC(=O)C2CNC(=O)C2)CC1. The molecule has 0 aliphatic carbocycles. The molecule has 2 heterocycles. The smallest absolute Gasteiger partial charge is 0.231 e. The van der Waals surface area contributed by atoms with Crippen molar-refractivity contribution in [2.45, 2.75) is 25.3 Å². The van der Waals surface area contributed by atoms with E-state index in [2.05, 4.69) is 10.6 Å². The molecule has 2 aliphatic heterocycles. The molecule has 1 atom stereocenters. The molecule has 2 aliphatic rings. The summed E-state index contributed by atoms with van der Waals surface area (Å²) in [4.78, 5) is 35.8. The van der Waals surface area contributed by atoms with Crippen molar-refractivity contribution in [1.29, 1.82) is 0 Å². The average Bonchev–Trinajstić information content (AvgIpc) is 2.78. The molecule has 0 radical (unpaired) electrons. The van der Waals surface area contributed by atoms with Gasteiger partial charge in [0.1, 0.15) is 0 Å². The van der Waals surface area contributed by atoms with Crippen LogP contribution in [0.1, 0.15) is 19.3 Å². The minimum absolute atomic E-state index is 0.0494. The second-order valence-corrected chi connectivity index (χ2v) is 5.23. The van der Waals surface area contributed by atoms with E-state index in [1.807, 2.05) is 4.90 Å². The molecule has 106 valence electrons. The first-order valence-electron chi connectivity index (χ1n) is 6.62. The maximum Gasteiger partial charge on any atom is 0.231 e. The minimum Gasteiger partial charge on any atom is -0.369 e. The van der Waals surface area contributed by atoms with Crippen LogP contribution in [0, 0.1) is 5.92 Å². The van der Waals surface area contributed by atoms with Crippen molar-refractivity contribution in [2.24, 2.45) is 11.7 Å². The molecule has 19 heavy (non-hydrogen) atoms. The summed E-state index contributed by atoms with van der Waals surface area (Å²) in [6.07, 6.45) is 1.91. The van der Waals surface area contributed by atoms with Crippen molar-refractivity contribution in [3.8, 4) is 0 Å². The van der Waals surface area contributed by atoms with Crippen LogP contribution in [0.2, 0.25) is 0 Å². The van der Waals surface area contributed by atoms with E-state index in [4.69, 9.17) is 5.73 Å². The largest absolute Gasteiger partial charge is 0.369 e. The monoisotopic (exact) mass is 268 g/mol.